The second-order valence-corrected chi connectivity index (χ2v) is 7.13. The van der Waals surface area contributed by atoms with Gasteiger partial charge < -0.3 is 20.5 Å². The first kappa shape index (κ1) is 20.1. The number of anilines is 1. The second kappa shape index (κ2) is 8.01. The lowest BCUT2D eigenvalue weighted by Gasteiger charge is -2.42. The summed E-state index contributed by atoms with van der Waals surface area (Å²) in [5.74, 6) is -0.0628. The van der Waals surface area contributed by atoms with Gasteiger partial charge in [0.1, 0.15) is 23.1 Å². The Labute approximate surface area is 153 Å². The first-order valence-corrected chi connectivity index (χ1v) is 8.87. The number of ether oxygens (including phenoxy) is 1. The summed E-state index contributed by atoms with van der Waals surface area (Å²) in [6.07, 6.45) is 2.27. The molecule has 26 heavy (non-hydrogen) atoms. The molecule has 8 heteroatoms. The molecule has 1 aromatic rings. The van der Waals surface area contributed by atoms with Crippen molar-refractivity contribution in [1.82, 2.24) is 5.32 Å². The SMILES string of the molecule is CCCCCNC1c2cc(NC(C)=O)c([N+](=O)[O-])cc2OC(C)(C)C1O. The highest BCUT2D eigenvalue weighted by Gasteiger charge is 2.43. The summed E-state index contributed by atoms with van der Waals surface area (Å²) in [5, 5.41) is 27.9. The van der Waals surface area contributed by atoms with Crippen LogP contribution in [0.5, 0.6) is 5.75 Å². The van der Waals surface area contributed by atoms with Crippen LogP contribution in [-0.4, -0.2) is 34.2 Å². The topological polar surface area (TPSA) is 114 Å². The van der Waals surface area contributed by atoms with Gasteiger partial charge in [-0.15, -0.1) is 0 Å². The first-order chi connectivity index (χ1) is 12.2. The molecule has 0 radical (unpaired) electrons. The number of carbonyl (C=O) groups is 1. The molecule has 0 aliphatic carbocycles. The average Bonchev–Trinajstić information content (AvgIpc) is 2.54. The van der Waals surface area contributed by atoms with Gasteiger partial charge in [-0.1, -0.05) is 19.8 Å². The smallest absolute Gasteiger partial charge is 0.296 e. The van der Waals surface area contributed by atoms with Crippen molar-refractivity contribution in [2.75, 3.05) is 11.9 Å². The molecule has 144 valence electrons. The largest absolute Gasteiger partial charge is 0.484 e. The summed E-state index contributed by atoms with van der Waals surface area (Å²) in [6.45, 7) is 7.60. The lowest BCUT2D eigenvalue weighted by Crippen LogP contribution is -2.52. The van der Waals surface area contributed by atoms with Gasteiger partial charge in [0.15, 0.2) is 0 Å². The molecule has 8 nitrogen and oxygen atoms in total. The van der Waals surface area contributed by atoms with Gasteiger partial charge in [0.05, 0.1) is 17.0 Å². The summed E-state index contributed by atoms with van der Waals surface area (Å²) >= 11 is 0. The molecule has 0 saturated heterocycles. The maximum atomic E-state index is 11.4. The Kier molecular flexibility index (Phi) is 6.20. The number of aliphatic hydroxyl groups excluding tert-OH is 1. The molecule has 0 spiro atoms. The maximum absolute atomic E-state index is 11.4. The summed E-state index contributed by atoms with van der Waals surface area (Å²) < 4.78 is 5.83. The second-order valence-electron chi connectivity index (χ2n) is 7.13. The van der Waals surface area contributed by atoms with Crippen LogP contribution in [0.4, 0.5) is 11.4 Å². The number of nitro groups is 1. The van der Waals surface area contributed by atoms with Crippen LogP contribution in [-0.2, 0) is 4.79 Å². The lowest BCUT2D eigenvalue weighted by atomic mass is 9.86. The van der Waals surface area contributed by atoms with Crippen molar-refractivity contribution < 1.29 is 19.6 Å². The normalized spacial score (nSPS) is 20.8. The minimum absolute atomic E-state index is 0.0946. The van der Waals surface area contributed by atoms with Crippen molar-refractivity contribution in [1.29, 1.82) is 0 Å². The molecular formula is C18H27N3O5. The molecule has 0 fully saturated rings. The zero-order valence-corrected chi connectivity index (χ0v) is 15.7. The predicted molar refractivity (Wildman–Crippen MR) is 98.4 cm³/mol. The summed E-state index contributed by atoms with van der Waals surface area (Å²) in [4.78, 5) is 22.2. The minimum Gasteiger partial charge on any atom is -0.484 e. The van der Waals surface area contributed by atoms with Crippen LogP contribution in [0.3, 0.4) is 0 Å². The van der Waals surface area contributed by atoms with E-state index in [9.17, 15) is 20.0 Å². The quantitative estimate of drug-likeness (QED) is 0.389. The fourth-order valence-electron chi connectivity index (χ4n) is 3.13. The highest BCUT2D eigenvalue weighted by molar-refractivity contribution is 5.91. The molecule has 1 amide bonds. The van der Waals surface area contributed by atoms with Gasteiger partial charge in [0, 0.05) is 12.5 Å². The molecule has 2 rings (SSSR count). The van der Waals surface area contributed by atoms with Gasteiger partial charge in [0.2, 0.25) is 5.91 Å². The van der Waals surface area contributed by atoms with Crippen molar-refractivity contribution >= 4 is 17.3 Å². The number of nitro benzene ring substituents is 1. The van der Waals surface area contributed by atoms with E-state index in [1.165, 1.54) is 19.1 Å². The van der Waals surface area contributed by atoms with Crippen molar-refractivity contribution in [3.63, 3.8) is 0 Å². The lowest BCUT2D eigenvalue weighted by molar-refractivity contribution is -0.384. The van der Waals surface area contributed by atoms with Crippen molar-refractivity contribution in [2.24, 2.45) is 0 Å². The standard InChI is InChI=1S/C18H27N3O5/c1-5-6-7-8-19-16-12-9-13(20-11(2)22)14(21(24)25)10-15(12)26-18(3,4)17(16)23/h9-10,16-17,19,23H,5-8H2,1-4H3,(H,20,22). The third-order valence-electron chi connectivity index (χ3n) is 4.52. The zero-order valence-electron chi connectivity index (χ0n) is 15.7. The van der Waals surface area contributed by atoms with E-state index in [0.29, 0.717) is 17.9 Å². The Balaban J connectivity index is 2.45. The third-order valence-corrected chi connectivity index (χ3v) is 4.52. The van der Waals surface area contributed by atoms with E-state index in [1.807, 2.05) is 0 Å². The monoisotopic (exact) mass is 365 g/mol. The molecular weight excluding hydrogens is 338 g/mol. The number of benzene rings is 1. The zero-order chi connectivity index (χ0) is 19.5. The van der Waals surface area contributed by atoms with Crippen molar-refractivity contribution in [3.05, 3.63) is 27.8 Å². The Morgan fingerprint density at radius 3 is 2.65 bits per heavy atom. The first-order valence-electron chi connectivity index (χ1n) is 8.87. The molecule has 1 aromatic carbocycles. The highest BCUT2D eigenvalue weighted by atomic mass is 16.6. The Bertz CT molecular complexity index is 690. The van der Waals surface area contributed by atoms with Gasteiger partial charge in [0.25, 0.3) is 5.69 Å². The highest BCUT2D eigenvalue weighted by Crippen LogP contribution is 2.44. The van der Waals surface area contributed by atoms with E-state index < -0.39 is 28.6 Å². The number of carbonyl (C=O) groups excluding carboxylic acids is 1. The molecule has 1 heterocycles. The summed E-state index contributed by atoms with van der Waals surface area (Å²) in [7, 11) is 0. The third kappa shape index (κ3) is 4.31. The van der Waals surface area contributed by atoms with E-state index in [0.717, 1.165) is 19.3 Å². The van der Waals surface area contributed by atoms with Crippen LogP contribution in [0.2, 0.25) is 0 Å². The Morgan fingerprint density at radius 2 is 2.08 bits per heavy atom. The molecule has 0 aromatic heterocycles. The number of amides is 1. The van der Waals surface area contributed by atoms with Crippen LogP contribution >= 0.6 is 0 Å². The Morgan fingerprint density at radius 1 is 1.38 bits per heavy atom. The number of hydrogen-bond donors (Lipinski definition) is 3. The molecule has 2 unspecified atom stereocenters. The minimum atomic E-state index is -0.904. The molecule has 0 saturated carbocycles. The number of hydrogen-bond acceptors (Lipinski definition) is 6. The number of nitrogens with one attached hydrogen (secondary N) is 2. The van der Waals surface area contributed by atoms with Gasteiger partial charge >= 0.3 is 0 Å². The van der Waals surface area contributed by atoms with Crippen LogP contribution < -0.4 is 15.4 Å². The van der Waals surface area contributed by atoms with Crippen molar-refractivity contribution in [2.45, 2.75) is 64.7 Å². The molecule has 2 atom stereocenters. The van der Waals surface area contributed by atoms with E-state index in [2.05, 4.69) is 17.6 Å². The number of aliphatic hydroxyl groups is 1. The molecule has 1 aliphatic rings. The summed E-state index contributed by atoms with van der Waals surface area (Å²) in [6, 6.07) is 2.39. The fraction of sp³-hybridized carbons (Fsp3) is 0.611. The van der Waals surface area contributed by atoms with E-state index >= 15 is 0 Å². The molecule has 0 bridgehead atoms. The Hall–Kier alpha value is -2.19. The fourth-order valence-corrected chi connectivity index (χ4v) is 3.13. The van der Waals surface area contributed by atoms with Gasteiger partial charge in [-0.05, 0) is 32.9 Å². The van der Waals surface area contributed by atoms with Crippen LogP contribution in [0.15, 0.2) is 12.1 Å². The molecule has 1 aliphatic heterocycles. The van der Waals surface area contributed by atoms with Gasteiger partial charge in [-0.2, -0.15) is 0 Å². The van der Waals surface area contributed by atoms with E-state index in [-0.39, 0.29) is 11.4 Å². The number of rotatable bonds is 7. The molecule has 3 N–H and O–H groups in total. The number of fused-ring (bicyclic) bond motifs is 1. The maximum Gasteiger partial charge on any atom is 0.296 e. The van der Waals surface area contributed by atoms with Crippen LogP contribution in [0.1, 0.15) is 58.6 Å². The van der Waals surface area contributed by atoms with Gasteiger partial charge in [-0.3, -0.25) is 14.9 Å². The van der Waals surface area contributed by atoms with E-state index in [1.54, 1.807) is 13.8 Å². The van der Waals surface area contributed by atoms with Gasteiger partial charge in [-0.25, -0.2) is 0 Å². The van der Waals surface area contributed by atoms with Crippen molar-refractivity contribution in [3.8, 4) is 5.75 Å². The van der Waals surface area contributed by atoms with E-state index in [4.69, 9.17) is 4.74 Å². The average molecular weight is 365 g/mol. The predicted octanol–water partition coefficient (Wildman–Crippen LogP) is 2.91. The summed E-state index contributed by atoms with van der Waals surface area (Å²) in [5.41, 5.74) is -0.450. The van der Waals surface area contributed by atoms with Crippen LogP contribution in [0.25, 0.3) is 0 Å². The number of unbranched alkanes of at least 4 members (excludes halogenated alkanes) is 2. The number of nitrogens with zero attached hydrogens (tertiary/aromatic N) is 1. The van der Waals surface area contributed by atoms with Crippen LogP contribution in [0, 0.1) is 10.1 Å².